The third-order valence-corrected chi connectivity index (χ3v) is 3.41. The summed E-state index contributed by atoms with van der Waals surface area (Å²) in [5.41, 5.74) is 0.471. The van der Waals surface area contributed by atoms with Gasteiger partial charge in [-0.15, -0.1) is 0 Å². The van der Waals surface area contributed by atoms with Crippen molar-refractivity contribution in [1.82, 2.24) is 0 Å². The maximum Gasteiger partial charge on any atom is 0.362 e. The molecular weight excluding hydrogens is 299 g/mol. The van der Waals surface area contributed by atoms with Crippen LogP contribution in [-0.4, -0.2) is 13.0 Å². The van der Waals surface area contributed by atoms with Crippen LogP contribution in [0.3, 0.4) is 0 Å². The summed E-state index contributed by atoms with van der Waals surface area (Å²) in [4.78, 5) is 24.4. The molecule has 0 saturated carbocycles. The summed E-state index contributed by atoms with van der Waals surface area (Å²) < 4.78 is 18.1. The van der Waals surface area contributed by atoms with Crippen molar-refractivity contribution in [1.29, 1.82) is 0 Å². The molecule has 0 saturated heterocycles. The minimum Gasteiger partial charge on any atom is -0.421 e. The zero-order valence-electron chi connectivity index (χ0n) is 12.2. The minimum absolute atomic E-state index is 0.0144. The minimum atomic E-state index is -0.663. The maximum absolute atomic E-state index is 12.9. The van der Waals surface area contributed by atoms with Gasteiger partial charge in [-0.2, -0.15) is 0 Å². The predicted molar refractivity (Wildman–Crippen MR) is 86.4 cm³/mol. The molecule has 1 aromatic heterocycles. The van der Waals surface area contributed by atoms with Crippen LogP contribution in [0, 0.1) is 5.82 Å². The molecule has 0 aliphatic heterocycles. The number of halogens is 1. The van der Waals surface area contributed by atoms with Crippen LogP contribution < -0.4 is 16.3 Å². The van der Waals surface area contributed by atoms with Gasteiger partial charge in [0.1, 0.15) is 11.4 Å². The fourth-order valence-corrected chi connectivity index (χ4v) is 2.31. The standard InChI is InChI=1S/C17H13FN2O3/c1-19-14-12-4-2-3-5-13(12)23-17(22)15(14)20-16(21)10-6-8-11(18)9-7-10/h2-9,19H,1H3,(H,20,21). The van der Waals surface area contributed by atoms with E-state index in [-0.39, 0.29) is 11.3 Å². The van der Waals surface area contributed by atoms with Crippen LogP contribution in [0.1, 0.15) is 10.4 Å². The average molecular weight is 312 g/mol. The molecule has 6 heteroatoms. The normalized spacial score (nSPS) is 10.5. The zero-order valence-corrected chi connectivity index (χ0v) is 12.2. The Hall–Kier alpha value is -3.15. The third kappa shape index (κ3) is 2.78. The number of benzene rings is 2. The molecule has 116 valence electrons. The third-order valence-electron chi connectivity index (χ3n) is 3.41. The molecule has 0 bridgehead atoms. The molecule has 2 N–H and O–H groups in total. The SMILES string of the molecule is CNc1c(NC(=O)c2ccc(F)cc2)c(=O)oc2ccccc12. The molecule has 5 nitrogen and oxygen atoms in total. The van der Waals surface area contributed by atoms with E-state index in [0.717, 1.165) is 0 Å². The molecule has 23 heavy (non-hydrogen) atoms. The fourth-order valence-electron chi connectivity index (χ4n) is 2.31. The van der Waals surface area contributed by atoms with Gasteiger partial charge >= 0.3 is 5.63 Å². The summed E-state index contributed by atoms with van der Waals surface area (Å²) >= 11 is 0. The number of nitrogens with one attached hydrogen (secondary N) is 2. The number of para-hydroxylation sites is 1. The van der Waals surface area contributed by atoms with Crippen molar-refractivity contribution in [2.24, 2.45) is 0 Å². The van der Waals surface area contributed by atoms with E-state index in [1.165, 1.54) is 24.3 Å². The molecule has 0 atom stereocenters. The summed E-state index contributed by atoms with van der Waals surface area (Å²) in [6.45, 7) is 0. The topological polar surface area (TPSA) is 71.3 Å². The van der Waals surface area contributed by atoms with Crippen molar-refractivity contribution < 1.29 is 13.6 Å². The first-order chi connectivity index (χ1) is 11.1. The molecule has 0 aliphatic carbocycles. The molecular formula is C17H13FN2O3. The quantitative estimate of drug-likeness (QED) is 0.728. The van der Waals surface area contributed by atoms with Crippen molar-refractivity contribution in [3.63, 3.8) is 0 Å². The lowest BCUT2D eigenvalue weighted by atomic mass is 10.1. The van der Waals surface area contributed by atoms with Crippen molar-refractivity contribution in [3.05, 3.63) is 70.3 Å². The van der Waals surface area contributed by atoms with Crippen molar-refractivity contribution in [2.75, 3.05) is 17.7 Å². The van der Waals surface area contributed by atoms with E-state index in [4.69, 9.17) is 4.42 Å². The van der Waals surface area contributed by atoms with E-state index in [2.05, 4.69) is 10.6 Å². The van der Waals surface area contributed by atoms with E-state index >= 15 is 0 Å². The second-order valence-corrected chi connectivity index (χ2v) is 4.85. The Morgan fingerprint density at radius 1 is 1.04 bits per heavy atom. The van der Waals surface area contributed by atoms with Gasteiger partial charge in [0, 0.05) is 18.0 Å². The smallest absolute Gasteiger partial charge is 0.362 e. The summed E-state index contributed by atoms with van der Waals surface area (Å²) in [7, 11) is 1.65. The van der Waals surface area contributed by atoms with Gasteiger partial charge < -0.3 is 15.1 Å². The molecule has 1 amide bonds. The van der Waals surface area contributed by atoms with Crippen LogP contribution >= 0.6 is 0 Å². The van der Waals surface area contributed by atoms with Gasteiger partial charge in [-0.05, 0) is 36.4 Å². The predicted octanol–water partition coefficient (Wildman–Crippen LogP) is 3.23. The molecule has 2 aromatic carbocycles. The first kappa shape index (κ1) is 14.8. The second-order valence-electron chi connectivity index (χ2n) is 4.85. The lowest BCUT2D eigenvalue weighted by Gasteiger charge is -2.11. The van der Waals surface area contributed by atoms with Gasteiger partial charge in [0.15, 0.2) is 5.69 Å². The van der Waals surface area contributed by atoms with E-state index in [1.807, 2.05) is 0 Å². The number of carbonyl (C=O) groups is 1. The van der Waals surface area contributed by atoms with Crippen molar-refractivity contribution >= 4 is 28.3 Å². The summed E-state index contributed by atoms with van der Waals surface area (Å²) in [6.07, 6.45) is 0. The van der Waals surface area contributed by atoms with E-state index in [1.54, 1.807) is 31.3 Å². The van der Waals surface area contributed by atoms with Crippen molar-refractivity contribution in [2.45, 2.75) is 0 Å². The Morgan fingerprint density at radius 3 is 2.43 bits per heavy atom. The Kier molecular flexibility index (Phi) is 3.80. The van der Waals surface area contributed by atoms with Gasteiger partial charge in [-0.25, -0.2) is 9.18 Å². The Balaban J connectivity index is 2.05. The molecule has 1 heterocycles. The highest BCUT2D eigenvalue weighted by Crippen LogP contribution is 2.28. The summed E-state index contributed by atoms with van der Waals surface area (Å²) in [5, 5.41) is 6.11. The summed E-state index contributed by atoms with van der Waals surface area (Å²) in [5.74, 6) is -0.966. The number of amides is 1. The van der Waals surface area contributed by atoms with E-state index in [0.29, 0.717) is 16.7 Å². The van der Waals surface area contributed by atoms with Crippen LogP contribution in [0.4, 0.5) is 15.8 Å². The zero-order chi connectivity index (χ0) is 16.4. The van der Waals surface area contributed by atoms with E-state index < -0.39 is 17.3 Å². The maximum atomic E-state index is 12.9. The number of anilines is 2. The van der Waals surface area contributed by atoms with Gasteiger partial charge in [0.25, 0.3) is 5.91 Å². The molecule has 0 spiro atoms. The molecule has 0 radical (unpaired) electrons. The monoisotopic (exact) mass is 312 g/mol. The highest BCUT2D eigenvalue weighted by molar-refractivity contribution is 6.08. The lowest BCUT2D eigenvalue weighted by Crippen LogP contribution is -2.19. The first-order valence-electron chi connectivity index (χ1n) is 6.90. The fraction of sp³-hybridized carbons (Fsp3) is 0.0588. The Morgan fingerprint density at radius 2 is 1.74 bits per heavy atom. The summed E-state index contributed by atoms with van der Waals surface area (Å²) in [6, 6.07) is 12.0. The lowest BCUT2D eigenvalue weighted by molar-refractivity contribution is 0.102. The first-order valence-corrected chi connectivity index (χ1v) is 6.90. The van der Waals surface area contributed by atoms with Gasteiger partial charge in [-0.1, -0.05) is 12.1 Å². The van der Waals surface area contributed by atoms with Crippen LogP contribution in [0.5, 0.6) is 0 Å². The van der Waals surface area contributed by atoms with E-state index in [9.17, 15) is 14.0 Å². The highest BCUT2D eigenvalue weighted by Gasteiger charge is 2.16. The highest BCUT2D eigenvalue weighted by atomic mass is 19.1. The Labute approximate surface area is 130 Å². The average Bonchev–Trinajstić information content (AvgIpc) is 2.56. The molecule has 3 aromatic rings. The van der Waals surface area contributed by atoms with Crippen molar-refractivity contribution in [3.8, 4) is 0 Å². The largest absolute Gasteiger partial charge is 0.421 e. The van der Waals surface area contributed by atoms with Crippen LogP contribution in [0.2, 0.25) is 0 Å². The second kappa shape index (κ2) is 5.92. The van der Waals surface area contributed by atoms with Crippen LogP contribution in [-0.2, 0) is 0 Å². The number of rotatable bonds is 3. The number of carbonyl (C=O) groups excluding carboxylic acids is 1. The number of fused-ring (bicyclic) bond motifs is 1. The molecule has 3 rings (SSSR count). The van der Waals surface area contributed by atoms with Crippen LogP contribution in [0.15, 0.2) is 57.7 Å². The van der Waals surface area contributed by atoms with Crippen LogP contribution in [0.25, 0.3) is 11.0 Å². The van der Waals surface area contributed by atoms with Gasteiger partial charge in [0.05, 0.1) is 5.69 Å². The van der Waals surface area contributed by atoms with Gasteiger partial charge in [-0.3, -0.25) is 4.79 Å². The molecule has 0 aliphatic rings. The number of hydrogen-bond acceptors (Lipinski definition) is 4. The molecule has 0 fully saturated rings. The Bertz CT molecular complexity index is 933. The van der Waals surface area contributed by atoms with Gasteiger partial charge in [0.2, 0.25) is 0 Å². The molecule has 0 unspecified atom stereocenters. The number of hydrogen-bond donors (Lipinski definition) is 2.